The van der Waals surface area contributed by atoms with Gasteiger partial charge in [-0.05, 0) is 146 Å². The van der Waals surface area contributed by atoms with Crippen LogP contribution in [-0.4, -0.2) is 4.57 Å². The van der Waals surface area contributed by atoms with Gasteiger partial charge in [0.1, 0.15) is 0 Å². The molecule has 0 unspecified atom stereocenters. The predicted molar refractivity (Wildman–Crippen MR) is 283 cm³/mol. The zero-order valence-electron chi connectivity index (χ0n) is 40.5. The molecular weight excluding hydrogens is 797 g/mol. The summed E-state index contributed by atoms with van der Waals surface area (Å²) < 4.78 is 2.39. The molecule has 11 rings (SSSR count). The molecule has 8 aromatic carbocycles. The third-order valence-corrected chi connectivity index (χ3v) is 15.6. The molecule has 0 spiro atoms. The lowest BCUT2D eigenvalue weighted by atomic mass is 9.71. The molecule has 2 aliphatic carbocycles. The van der Waals surface area contributed by atoms with Gasteiger partial charge in [-0.25, -0.2) is 0 Å². The van der Waals surface area contributed by atoms with Gasteiger partial charge in [-0.15, -0.1) is 0 Å². The maximum absolute atomic E-state index is 2.59. The van der Waals surface area contributed by atoms with Crippen molar-refractivity contribution >= 4 is 38.9 Å². The van der Waals surface area contributed by atoms with Crippen molar-refractivity contribution in [1.82, 2.24) is 4.57 Å². The van der Waals surface area contributed by atoms with Gasteiger partial charge in [0.05, 0.1) is 16.7 Å². The van der Waals surface area contributed by atoms with Crippen LogP contribution in [0, 0.1) is 0 Å². The zero-order valence-corrected chi connectivity index (χ0v) is 40.5. The first-order valence-electron chi connectivity index (χ1n) is 24.2. The Hall–Kier alpha value is -6.64. The van der Waals surface area contributed by atoms with Crippen molar-refractivity contribution < 1.29 is 0 Å². The standard InChI is InChI=1S/C64H62N2/c1-11-64(12-2)55-37-43(61(3,4)5)29-33-51(55)60-56(64)38-44(62(6,7)8)39-59(60)65(47-32-34-49-48-22-16-18-24-53(48)63(9,10)54(49)40-47)46-30-26-41(27-31-46)42-28-35-58-52(36-42)50-23-17-19-25-57(50)66(58)45-20-14-13-15-21-45/h13-40H,11-12H2,1-10H3. The Morgan fingerprint density at radius 2 is 1.06 bits per heavy atom. The maximum Gasteiger partial charge on any atom is 0.0546 e. The highest BCUT2D eigenvalue weighted by Crippen LogP contribution is 2.59. The molecule has 0 aliphatic heterocycles. The third-order valence-electron chi connectivity index (χ3n) is 15.6. The van der Waals surface area contributed by atoms with E-state index >= 15 is 0 Å². The van der Waals surface area contributed by atoms with E-state index in [9.17, 15) is 0 Å². The number of hydrogen-bond donors (Lipinski definition) is 0. The van der Waals surface area contributed by atoms with Gasteiger partial charge >= 0.3 is 0 Å². The first-order valence-corrected chi connectivity index (χ1v) is 24.2. The van der Waals surface area contributed by atoms with Crippen LogP contribution in [0.1, 0.15) is 115 Å². The minimum Gasteiger partial charge on any atom is -0.310 e. The number of nitrogens with zero attached hydrogens (tertiary/aromatic N) is 2. The third kappa shape index (κ3) is 6.28. The molecular formula is C64H62N2. The fourth-order valence-electron chi connectivity index (χ4n) is 11.7. The molecule has 0 atom stereocenters. The predicted octanol–water partition coefficient (Wildman–Crippen LogP) is 17.9. The molecule has 0 N–H and O–H groups in total. The Balaban J connectivity index is 1.13. The van der Waals surface area contributed by atoms with Crippen LogP contribution in [0.15, 0.2) is 170 Å². The highest BCUT2D eigenvalue weighted by atomic mass is 15.1. The summed E-state index contributed by atoms with van der Waals surface area (Å²) in [6.45, 7) is 23.8. The molecule has 1 aromatic heterocycles. The van der Waals surface area contributed by atoms with Crippen LogP contribution in [0.2, 0.25) is 0 Å². The molecule has 0 radical (unpaired) electrons. The number of para-hydroxylation sites is 2. The number of aromatic nitrogens is 1. The van der Waals surface area contributed by atoms with E-state index in [4.69, 9.17) is 0 Å². The first kappa shape index (κ1) is 42.0. The van der Waals surface area contributed by atoms with Crippen molar-refractivity contribution in [2.45, 2.75) is 104 Å². The van der Waals surface area contributed by atoms with Crippen LogP contribution in [0.25, 0.3) is 60.9 Å². The molecule has 2 heteroatoms. The summed E-state index contributed by atoms with van der Waals surface area (Å²) in [6, 6.07) is 64.7. The number of rotatable bonds is 7. The summed E-state index contributed by atoms with van der Waals surface area (Å²) in [6.07, 6.45) is 2.08. The van der Waals surface area contributed by atoms with Gasteiger partial charge in [0.15, 0.2) is 0 Å². The average molecular weight is 859 g/mol. The van der Waals surface area contributed by atoms with Gasteiger partial charge < -0.3 is 9.47 Å². The van der Waals surface area contributed by atoms with Gasteiger partial charge in [0, 0.05) is 44.2 Å². The molecule has 0 bridgehead atoms. The summed E-state index contributed by atoms with van der Waals surface area (Å²) in [7, 11) is 0. The largest absolute Gasteiger partial charge is 0.310 e. The summed E-state index contributed by atoms with van der Waals surface area (Å²) in [4.78, 5) is 2.59. The molecule has 0 amide bonds. The number of hydrogen-bond acceptors (Lipinski definition) is 1. The van der Waals surface area contributed by atoms with E-state index in [-0.39, 0.29) is 21.7 Å². The molecule has 0 fully saturated rings. The molecule has 328 valence electrons. The Morgan fingerprint density at radius 3 is 1.79 bits per heavy atom. The smallest absolute Gasteiger partial charge is 0.0546 e. The van der Waals surface area contributed by atoms with Crippen molar-refractivity contribution in [2.75, 3.05) is 4.90 Å². The summed E-state index contributed by atoms with van der Waals surface area (Å²) in [5, 5.41) is 2.53. The second-order valence-electron chi connectivity index (χ2n) is 21.7. The Kier molecular flexibility index (Phi) is 9.51. The van der Waals surface area contributed by atoms with Crippen molar-refractivity contribution in [1.29, 1.82) is 0 Å². The van der Waals surface area contributed by atoms with Crippen molar-refractivity contribution in [3.8, 4) is 39.1 Å². The fourth-order valence-corrected chi connectivity index (χ4v) is 11.7. The van der Waals surface area contributed by atoms with Crippen LogP contribution < -0.4 is 4.90 Å². The van der Waals surface area contributed by atoms with E-state index in [2.05, 4.69) is 249 Å². The van der Waals surface area contributed by atoms with Gasteiger partial charge in [-0.2, -0.15) is 0 Å². The van der Waals surface area contributed by atoms with Gasteiger partial charge in [-0.3, -0.25) is 0 Å². The van der Waals surface area contributed by atoms with E-state index in [1.54, 1.807) is 0 Å². The average Bonchev–Trinajstić information content (AvgIpc) is 3.89. The second kappa shape index (κ2) is 14.9. The molecule has 66 heavy (non-hydrogen) atoms. The van der Waals surface area contributed by atoms with Crippen LogP contribution in [0.4, 0.5) is 17.1 Å². The normalized spacial score (nSPS) is 14.6. The lowest BCUT2D eigenvalue weighted by molar-refractivity contribution is 0.485. The van der Waals surface area contributed by atoms with Gasteiger partial charge in [0.2, 0.25) is 0 Å². The van der Waals surface area contributed by atoms with Crippen LogP contribution in [0.5, 0.6) is 0 Å². The lowest BCUT2D eigenvalue weighted by Crippen LogP contribution is -2.25. The molecule has 2 nitrogen and oxygen atoms in total. The minimum absolute atomic E-state index is 0.0441. The number of fused-ring (bicyclic) bond motifs is 9. The Morgan fingerprint density at radius 1 is 0.455 bits per heavy atom. The van der Waals surface area contributed by atoms with Crippen LogP contribution >= 0.6 is 0 Å². The van der Waals surface area contributed by atoms with Crippen molar-refractivity contribution in [3.63, 3.8) is 0 Å². The maximum atomic E-state index is 2.59. The topological polar surface area (TPSA) is 8.17 Å². The van der Waals surface area contributed by atoms with Crippen molar-refractivity contribution in [2.24, 2.45) is 0 Å². The molecule has 1 heterocycles. The zero-order chi connectivity index (χ0) is 45.9. The van der Waals surface area contributed by atoms with E-state index in [0.29, 0.717) is 0 Å². The minimum atomic E-state index is -0.134. The van der Waals surface area contributed by atoms with Crippen molar-refractivity contribution in [3.05, 3.63) is 203 Å². The van der Waals surface area contributed by atoms with E-state index in [0.717, 1.165) is 18.5 Å². The Labute approximate surface area is 392 Å². The van der Waals surface area contributed by atoms with Gasteiger partial charge in [-0.1, -0.05) is 178 Å². The quantitative estimate of drug-likeness (QED) is 0.155. The monoisotopic (exact) mass is 858 g/mol. The molecule has 2 aliphatic rings. The van der Waals surface area contributed by atoms with E-state index < -0.39 is 0 Å². The molecule has 9 aromatic rings. The van der Waals surface area contributed by atoms with Crippen LogP contribution in [0.3, 0.4) is 0 Å². The Bertz CT molecular complexity index is 3360. The van der Waals surface area contributed by atoms with E-state index in [1.165, 1.54) is 106 Å². The highest BCUT2D eigenvalue weighted by Gasteiger charge is 2.44. The SMILES string of the molecule is CCC1(CC)c2cc(C(C)(C)C)ccc2-c2c(N(c3ccc(-c4ccc5c(c4)c4ccccc4n5-c4ccccc4)cc3)c3ccc4c(c3)C(C)(C)c3ccccc3-4)cc(C(C)(C)C)cc21. The fraction of sp³-hybridized carbons (Fsp3) is 0.250. The highest BCUT2D eigenvalue weighted by molar-refractivity contribution is 6.10. The number of benzene rings is 8. The molecule has 0 saturated carbocycles. The van der Waals surface area contributed by atoms with Crippen LogP contribution in [-0.2, 0) is 21.7 Å². The summed E-state index contributed by atoms with van der Waals surface area (Å²) >= 11 is 0. The second-order valence-corrected chi connectivity index (χ2v) is 21.7. The lowest BCUT2D eigenvalue weighted by Gasteiger charge is -2.34. The van der Waals surface area contributed by atoms with Gasteiger partial charge in [0.25, 0.3) is 0 Å². The first-order chi connectivity index (χ1) is 31.6. The summed E-state index contributed by atoms with van der Waals surface area (Å²) in [5.41, 5.74) is 23.3. The number of anilines is 3. The summed E-state index contributed by atoms with van der Waals surface area (Å²) in [5.74, 6) is 0. The van der Waals surface area contributed by atoms with E-state index in [1.807, 2.05) is 0 Å². The molecule has 0 saturated heterocycles.